The number of carbonyl (C=O) groups excluding carboxylic acids is 1. The number of nitrogens with one attached hydrogen (secondary N) is 1. The normalized spacial score (nSPS) is 15.8. The fraction of sp³-hybridized carbons (Fsp3) is 0.611. The molecule has 3 N–H and O–H groups in total. The van der Waals surface area contributed by atoms with Gasteiger partial charge in [-0.1, -0.05) is 12.8 Å². The van der Waals surface area contributed by atoms with Gasteiger partial charge in [0.15, 0.2) is 11.5 Å². The Morgan fingerprint density at radius 3 is 2.17 bits per heavy atom. The van der Waals surface area contributed by atoms with Crippen LogP contribution in [0.5, 0.6) is 17.2 Å². The summed E-state index contributed by atoms with van der Waals surface area (Å²) in [5, 5.41) is 3.14. The number of ether oxygens (including phenoxy) is 3. The van der Waals surface area contributed by atoms with Gasteiger partial charge in [0.1, 0.15) is 0 Å². The van der Waals surface area contributed by atoms with E-state index in [0.717, 1.165) is 31.2 Å². The standard InChI is InChI=1S/C18H28N2O4/c1-22-14-10-13(11-15(23-2)17(14)24-3)6-7-16(21)20-18(12-19)8-4-5-9-18/h10-11H,4-9,12,19H2,1-3H3,(H,20,21). The zero-order valence-electron chi connectivity index (χ0n) is 14.8. The van der Waals surface area contributed by atoms with Crippen LogP contribution in [-0.4, -0.2) is 39.3 Å². The molecule has 0 heterocycles. The van der Waals surface area contributed by atoms with Crippen molar-refractivity contribution in [3.05, 3.63) is 17.7 Å². The topological polar surface area (TPSA) is 82.8 Å². The summed E-state index contributed by atoms with van der Waals surface area (Å²) in [6, 6.07) is 3.76. The quantitative estimate of drug-likeness (QED) is 0.759. The molecular weight excluding hydrogens is 308 g/mol. The van der Waals surface area contributed by atoms with Crippen molar-refractivity contribution in [3.8, 4) is 17.2 Å². The summed E-state index contributed by atoms with van der Waals surface area (Å²) >= 11 is 0. The maximum absolute atomic E-state index is 12.3. The Morgan fingerprint density at radius 2 is 1.71 bits per heavy atom. The van der Waals surface area contributed by atoms with Gasteiger partial charge in [0.05, 0.1) is 26.9 Å². The molecule has 0 bridgehead atoms. The van der Waals surface area contributed by atoms with Gasteiger partial charge in [0.25, 0.3) is 0 Å². The fourth-order valence-corrected chi connectivity index (χ4v) is 3.33. The first-order chi connectivity index (χ1) is 11.6. The molecular formula is C18H28N2O4. The number of nitrogens with two attached hydrogens (primary N) is 1. The highest BCUT2D eigenvalue weighted by molar-refractivity contribution is 5.77. The van der Waals surface area contributed by atoms with Crippen molar-refractivity contribution in [2.75, 3.05) is 27.9 Å². The number of amides is 1. The van der Waals surface area contributed by atoms with E-state index >= 15 is 0 Å². The van der Waals surface area contributed by atoms with E-state index in [-0.39, 0.29) is 11.4 Å². The van der Waals surface area contributed by atoms with Gasteiger partial charge in [-0.15, -0.1) is 0 Å². The molecule has 1 fully saturated rings. The zero-order chi connectivity index (χ0) is 17.6. The molecule has 2 rings (SSSR count). The Labute approximate surface area is 143 Å². The lowest BCUT2D eigenvalue weighted by molar-refractivity contribution is -0.122. The van der Waals surface area contributed by atoms with Gasteiger partial charge in [-0.25, -0.2) is 0 Å². The van der Waals surface area contributed by atoms with E-state index in [2.05, 4.69) is 5.32 Å². The lowest BCUT2D eigenvalue weighted by atomic mass is 9.97. The highest BCUT2D eigenvalue weighted by Crippen LogP contribution is 2.38. The molecule has 1 amide bonds. The summed E-state index contributed by atoms with van der Waals surface area (Å²) in [6.45, 7) is 0.503. The van der Waals surface area contributed by atoms with Gasteiger partial charge in [-0.3, -0.25) is 4.79 Å². The van der Waals surface area contributed by atoms with Crippen LogP contribution in [0.2, 0.25) is 0 Å². The van der Waals surface area contributed by atoms with Crippen LogP contribution in [0, 0.1) is 0 Å². The zero-order valence-corrected chi connectivity index (χ0v) is 14.8. The predicted octanol–water partition coefficient (Wildman–Crippen LogP) is 2.03. The SMILES string of the molecule is COc1cc(CCC(=O)NC2(CN)CCCC2)cc(OC)c1OC. The predicted molar refractivity (Wildman–Crippen MR) is 92.8 cm³/mol. The third-order valence-electron chi connectivity index (χ3n) is 4.72. The van der Waals surface area contributed by atoms with Gasteiger partial charge >= 0.3 is 0 Å². The molecule has 6 heteroatoms. The second kappa shape index (κ2) is 8.24. The lowest BCUT2D eigenvalue weighted by Crippen LogP contribution is -2.51. The molecule has 134 valence electrons. The lowest BCUT2D eigenvalue weighted by Gasteiger charge is -2.28. The molecule has 0 atom stereocenters. The van der Waals surface area contributed by atoms with E-state index in [9.17, 15) is 4.79 Å². The summed E-state index contributed by atoms with van der Waals surface area (Å²) in [5.74, 6) is 1.79. The Kier molecular flexibility index (Phi) is 6.31. The third-order valence-corrected chi connectivity index (χ3v) is 4.72. The highest BCUT2D eigenvalue weighted by Gasteiger charge is 2.33. The first kappa shape index (κ1) is 18.4. The first-order valence-electron chi connectivity index (χ1n) is 8.37. The van der Waals surface area contributed by atoms with E-state index in [1.54, 1.807) is 21.3 Å². The van der Waals surface area contributed by atoms with E-state index in [0.29, 0.717) is 36.6 Å². The van der Waals surface area contributed by atoms with Gasteiger partial charge in [-0.05, 0) is 37.0 Å². The molecule has 0 saturated heterocycles. The number of aryl methyl sites for hydroxylation is 1. The third kappa shape index (κ3) is 4.12. The number of hydrogen-bond donors (Lipinski definition) is 2. The molecule has 1 aliphatic carbocycles. The number of benzene rings is 1. The van der Waals surface area contributed by atoms with E-state index in [1.807, 2.05) is 12.1 Å². The van der Waals surface area contributed by atoms with E-state index in [1.165, 1.54) is 0 Å². The van der Waals surface area contributed by atoms with Crippen LogP contribution in [0.1, 0.15) is 37.7 Å². The van der Waals surface area contributed by atoms with Crippen LogP contribution < -0.4 is 25.3 Å². The molecule has 0 spiro atoms. The molecule has 1 aromatic carbocycles. The molecule has 0 unspecified atom stereocenters. The minimum Gasteiger partial charge on any atom is -0.493 e. The van der Waals surface area contributed by atoms with Crippen LogP contribution in [-0.2, 0) is 11.2 Å². The Bertz CT molecular complexity index is 543. The summed E-state index contributed by atoms with van der Waals surface area (Å²) in [6.07, 6.45) is 5.21. The maximum atomic E-state index is 12.3. The first-order valence-corrected chi connectivity index (χ1v) is 8.37. The van der Waals surface area contributed by atoms with Gasteiger partial charge < -0.3 is 25.3 Å². The van der Waals surface area contributed by atoms with Crippen LogP contribution in [0.25, 0.3) is 0 Å². The molecule has 0 aliphatic heterocycles. The molecule has 1 saturated carbocycles. The van der Waals surface area contributed by atoms with Crippen molar-refractivity contribution >= 4 is 5.91 Å². The molecule has 24 heavy (non-hydrogen) atoms. The van der Waals surface area contributed by atoms with Crippen LogP contribution in [0.4, 0.5) is 0 Å². The Hall–Kier alpha value is -1.95. The summed E-state index contributed by atoms with van der Waals surface area (Å²) < 4.78 is 16.0. The molecule has 1 aliphatic rings. The van der Waals surface area contributed by atoms with E-state index in [4.69, 9.17) is 19.9 Å². The van der Waals surface area contributed by atoms with Crippen molar-refractivity contribution in [1.82, 2.24) is 5.32 Å². The molecule has 0 radical (unpaired) electrons. The summed E-state index contributed by atoms with van der Waals surface area (Å²) in [5.41, 5.74) is 6.63. The molecule has 1 aromatic rings. The van der Waals surface area contributed by atoms with Crippen LogP contribution >= 0.6 is 0 Å². The van der Waals surface area contributed by atoms with Crippen LogP contribution in [0.15, 0.2) is 12.1 Å². The molecule has 6 nitrogen and oxygen atoms in total. The average molecular weight is 336 g/mol. The van der Waals surface area contributed by atoms with Gasteiger partial charge in [-0.2, -0.15) is 0 Å². The Balaban J connectivity index is 2.02. The number of rotatable bonds is 8. The summed E-state index contributed by atoms with van der Waals surface area (Å²) in [4.78, 5) is 12.3. The maximum Gasteiger partial charge on any atom is 0.220 e. The van der Waals surface area contributed by atoms with Gasteiger partial charge in [0.2, 0.25) is 11.7 Å². The minimum absolute atomic E-state index is 0.0381. The van der Waals surface area contributed by atoms with Crippen molar-refractivity contribution in [1.29, 1.82) is 0 Å². The van der Waals surface area contributed by atoms with Crippen molar-refractivity contribution < 1.29 is 19.0 Å². The smallest absolute Gasteiger partial charge is 0.220 e. The number of carbonyl (C=O) groups is 1. The van der Waals surface area contributed by atoms with Crippen molar-refractivity contribution in [2.45, 2.75) is 44.1 Å². The average Bonchev–Trinajstić information content (AvgIpc) is 3.07. The largest absolute Gasteiger partial charge is 0.493 e. The van der Waals surface area contributed by atoms with Crippen molar-refractivity contribution in [2.24, 2.45) is 5.73 Å². The van der Waals surface area contributed by atoms with E-state index < -0.39 is 0 Å². The highest BCUT2D eigenvalue weighted by atomic mass is 16.5. The number of hydrogen-bond acceptors (Lipinski definition) is 5. The second-order valence-electron chi connectivity index (χ2n) is 6.27. The Morgan fingerprint density at radius 1 is 1.12 bits per heavy atom. The minimum atomic E-state index is -0.202. The second-order valence-corrected chi connectivity index (χ2v) is 6.27. The fourth-order valence-electron chi connectivity index (χ4n) is 3.33. The molecule has 0 aromatic heterocycles. The monoisotopic (exact) mass is 336 g/mol. The van der Waals surface area contributed by atoms with Crippen LogP contribution in [0.3, 0.4) is 0 Å². The summed E-state index contributed by atoms with van der Waals surface area (Å²) in [7, 11) is 4.74. The van der Waals surface area contributed by atoms with Gasteiger partial charge in [0, 0.05) is 13.0 Å². The number of methoxy groups -OCH3 is 3. The van der Waals surface area contributed by atoms with Crippen molar-refractivity contribution in [3.63, 3.8) is 0 Å².